The molecule has 300 valence electrons. The Morgan fingerprint density at radius 1 is 0.623 bits per heavy atom. The van der Waals surface area contributed by atoms with E-state index < -0.39 is 42.1 Å². The molecule has 0 amide bonds. The van der Waals surface area contributed by atoms with Crippen LogP contribution in [0.4, 0.5) is 0 Å². The lowest BCUT2D eigenvalue weighted by molar-refractivity contribution is -0.328. The van der Waals surface area contributed by atoms with E-state index in [9.17, 15) is 14.4 Å². The van der Waals surface area contributed by atoms with E-state index in [1.165, 1.54) is 39.5 Å². The summed E-state index contributed by atoms with van der Waals surface area (Å²) in [5.41, 5.74) is -0.552. The van der Waals surface area contributed by atoms with E-state index in [4.69, 9.17) is 28.4 Å². The minimum absolute atomic E-state index is 0.0651. The Kier molecular flexibility index (Phi) is 9.83. The molecule has 0 spiro atoms. The van der Waals surface area contributed by atoms with Gasteiger partial charge in [0.25, 0.3) is 0 Å². The maximum atomic E-state index is 13.1. The lowest BCUT2D eigenvalue weighted by Crippen LogP contribution is -2.66. The molecule has 17 atom stereocenters. The summed E-state index contributed by atoms with van der Waals surface area (Å²) in [5.74, 6) is 0.540. The van der Waals surface area contributed by atoms with Crippen molar-refractivity contribution in [3.8, 4) is 0 Å². The zero-order valence-corrected chi connectivity index (χ0v) is 34.9. The molecule has 3 saturated heterocycles. The van der Waals surface area contributed by atoms with Gasteiger partial charge in [0.2, 0.25) is 0 Å². The number of ether oxygens (including phenoxy) is 6. The van der Waals surface area contributed by atoms with Gasteiger partial charge in [-0.15, -0.1) is 0 Å². The van der Waals surface area contributed by atoms with Crippen LogP contribution in [0.1, 0.15) is 154 Å². The molecule has 9 nitrogen and oxygen atoms in total. The number of hydrogen-bond donors (Lipinski definition) is 0. The highest BCUT2D eigenvalue weighted by Crippen LogP contribution is 2.76. The largest absolute Gasteiger partial charge is 0.462 e. The standard InChI is InChI=1S/C44H70O9/c1-24-13-18-40(8)32(39(24,6)7)16-20-41(9)33(40)23-31(48-26(3)45)35-29(14-19-42(35,41)10)43(11)22-17-34-44(12,52-34)21-15-30-36(49-27(4)46)25(2)37(50-28(5)47)38(51-30)53-43/h24-25,29-38H,13-23H2,1-12H3/t24-,25-,29?,30+,31?,32?,33?,34?,35-,36-,37+,38+,40-,41+,42+,43-,44?/m0/s1. The number of carbonyl (C=O) groups is 3. The van der Waals surface area contributed by atoms with E-state index in [-0.39, 0.29) is 63.2 Å². The predicted octanol–water partition coefficient (Wildman–Crippen LogP) is 8.58. The molecule has 0 aromatic rings. The van der Waals surface area contributed by atoms with Gasteiger partial charge in [0.1, 0.15) is 12.2 Å². The number of rotatable bonds is 4. The Morgan fingerprint density at radius 3 is 1.91 bits per heavy atom. The lowest BCUT2D eigenvalue weighted by atomic mass is 9.34. The maximum absolute atomic E-state index is 13.1. The minimum atomic E-state index is -0.842. The van der Waals surface area contributed by atoms with Crippen molar-refractivity contribution in [3.05, 3.63) is 0 Å². The first-order valence-corrected chi connectivity index (χ1v) is 21.1. The van der Waals surface area contributed by atoms with Crippen LogP contribution in [0, 0.1) is 57.2 Å². The second-order valence-electron chi connectivity index (χ2n) is 20.8. The van der Waals surface area contributed by atoms with Crippen molar-refractivity contribution in [2.75, 3.05) is 0 Å². The Balaban J connectivity index is 1.28. The molecule has 0 N–H and O–H groups in total. The minimum Gasteiger partial charge on any atom is -0.462 e. The van der Waals surface area contributed by atoms with E-state index in [0.29, 0.717) is 24.2 Å². The van der Waals surface area contributed by atoms with Gasteiger partial charge >= 0.3 is 17.9 Å². The maximum Gasteiger partial charge on any atom is 0.303 e. The van der Waals surface area contributed by atoms with Crippen LogP contribution in [0.5, 0.6) is 0 Å². The number of hydrogen-bond acceptors (Lipinski definition) is 9. The summed E-state index contributed by atoms with van der Waals surface area (Å²) < 4.78 is 39.1. The predicted molar refractivity (Wildman–Crippen MR) is 199 cm³/mol. The smallest absolute Gasteiger partial charge is 0.303 e. The number of carbonyl (C=O) groups excluding carboxylic acids is 3. The Labute approximate surface area is 319 Å². The highest BCUT2D eigenvalue weighted by Gasteiger charge is 2.72. The van der Waals surface area contributed by atoms with Crippen molar-refractivity contribution in [1.29, 1.82) is 0 Å². The first-order chi connectivity index (χ1) is 24.6. The zero-order valence-electron chi connectivity index (χ0n) is 34.9. The number of epoxide rings is 1. The van der Waals surface area contributed by atoms with Gasteiger partial charge in [-0.25, -0.2) is 0 Å². The van der Waals surface area contributed by atoms with Gasteiger partial charge in [-0.2, -0.15) is 0 Å². The molecule has 6 unspecified atom stereocenters. The van der Waals surface area contributed by atoms with Crippen molar-refractivity contribution in [2.24, 2.45) is 57.2 Å². The van der Waals surface area contributed by atoms with Gasteiger partial charge in [0, 0.05) is 32.6 Å². The average molecular weight is 743 g/mol. The molecule has 4 aliphatic carbocycles. The van der Waals surface area contributed by atoms with Crippen LogP contribution in [-0.2, 0) is 42.8 Å². The molecule has 7 aliphatic rings. The summed E-state index contributed by atoms with van der Waals surface area (Å²) in [6.45, 7) is 25.9. The molecule has 9 heteroatoms. The highest BCUT2D eigenvalue weighted by molar-refractivity contribution is 5.67. The highest BCUT2D eigenvalue weighted by atomic mass is 16.7. The number of esters is 3. The van der Waals surface area contributed by atoms with Gasteiger partial charge in [0.05, 0.1) is 23.4 Å². The van der Waals surface area contributed by atoms with Crippen molar-refractivity contribution in [1.82, 2.24) is 0 Å². The van der Waals surface area contributed by atoms with Crippen molar-refractivity contribution < 1.29 is 42.8 Å². The van der Waals surface area contributed by atoms with Crippen LogP contribution < -0.4 is 0 Å². The molecular weight excluding hydrogens is 672 g/mol. The Morgan fingerprint density at radius 2 is 1.25 bits per heavy atom. The van der Waals surface area contributed by atoms with E-state index in [0.717, 1.165) is 38.5 Å². The van der Waals surface area contributed by atoms with E-state index >= 15 is 0 Å². The molecular formula is C44H70O9. The van der Waals surface area contributed by atoms with Crippen LogP contribution in [0.25, 0.3) is 0 Å². The fraction of sp³-hybridized carbons (Fsp3) is 0.932. The van der Waals surface area contributed by atoms with Gasteiger partial charge < -0.3 is 28.4 Å². The SMILES string of the molecule is CC(=O)OC1CC2[C@@]3(C)CC[C@H](C)C(C)(C)C3CC[C@@]2(C)[C@]2(C)CCC([C@]3(C)CCC4OC4(C)CC[C@H]4O[C@H](O3)[C@H](OC(C)=O)[C@@H](C)[C@@H]4OC(C)=O)[C@@H]12. The molecule has 7 rings (SSSR count). The van der Waals surface area contributed by atoms with E-state index in [1.807, 2.05) is 6.92 Å². The number of fused-ring (bicyclic) bond motifs is 8. The zero-order chi connectivity index (χ0) is 38.7. The second-order valence-corrected chi connectivity index (χ2v) is 20.8. The molecule has 3 heterocycles. The summed E-state index contributed by atoms with van der Waals surface area (Å²) in [7, 11) is 0. The fourth-order valence-corrected chi connectivity index (χ4v) is 14.4. The van der Waals surface area contributed by atoms with Gasteiger partial charge in [-0.1, -0.05) is 48.5 Å². The van der Waals surface area contributed by atoms with Gasteiger partial charge in [0.15, 0.2) is 12.4 Å². The summed E-state index contributed by atoms with van der Waals surface area (Å²) in [4.78, 5) is 38.0. The first-order valence-electron chi connectivity index (χ1n) is 21.1. The molecule has 3 aliphatic heterocycles. The van der Waals surface area contributed by atoms with Crippen molar-refractivity contribution in [2.45, 2.75) is 202 Å². The summed E-state index contributed by atoms with van der Waals surface area (Å²) in [6.07, 6.45) is 7.96. The molecule has 2 bridgehead atoms. The van der Waals surface area contributed by atoms with Crippen LogP contribution in [0.15, 0.2) is 0 Å². The van der Waals surface area contributed by atoms with Crippen LogP contribution in [-0.4, -0.2) is 65.9 Å². The third kappa shape index (κ3) is 6.22. The summed E-state index contributed by atoms with van der Waals surface area (Å²) in [5, 5.41) is 0. The third-order valence-electron chi connectivity index (χ3n) is 17.8. The van der Waals surface area contributed by atoms with Gasteiger partial charge in [-0.05, 0) is 130 Å². The average Bonchev–Trinajstić information content (AvgIpc) is 3.55. The second kappa shape index (κ2) is 13.2. The molecule has 4 saturated carbocycles. The topological polar surface area (TPSA) is 110 Å². The van der Waals surface area contributed by atoms with Crippen molar-refractivity contribution in [3.63, 3.8) is 0 Å². The van der Waals surface area contributed by atoms with Crippen LogP contribution >= 0.6 is 0 Å². The van der Waals surface area contributed by atoms with E-state index in [1.54, 1.807) is 6.92 Å². The fourth-order valence-electron chi connectivity index (χ4n) is 14.4. The van der Waals surface area contributed by atoms with Crippen molar-refractivity contribution >= 4 is 17.9 Å². The van der Waals surface area contributed by atoms with Crippen LogP contribution in [0.3, 0.4) is 0 Å². The quantitative estimate of drug-likeness (QED) is 0.159. The summed E-state index contributed by atoms with van der Waals surface area (Å²) >= 11 is 0. The molecule has 53 heavy (non-hydrogen) atoms. The molecule has 7 fully saturated rings. The van der Waals surface area contributed by atoms with E-state index in [2.05, 4.69) is 55.4 Å². The summed E-state index contributed by atoms with van der Waals surface area (Å²) in [6, 6.07) is 0. The Bertz CT molecular complexity index is 1460. The molecule has 0 aromatic carbocycles. The van der Waals surface area contributed by atoms with Gasteiger partial charge in [-0.3, -0.25) is 14.4 Å². The monoisotopic (exact) mass is 743 g/mol. The molecule has 0 aromatic heterocycles. The first kappa shape index (κ1) is 39.5. The van der Waals surface area contributed by atoms with Crippen LogP contribution in [0.2, 0.25) is 0 Å². The third-order valence-corrected chi connectivity index (χ3v) is 17.8. The normalized spacial score (nSPS) is 53.0. The molecule has 0 radical (unpaired) electrons. The Hall–Kier alpha value is -1.71. The lowest BCUT2D eigenvalue weighted by Gasteiger charge is -2.71.